The fourth-order valence-corrected chi connectivity index (χ4v) is 5.27. The highest BCUT2D eigenvalue weighted by atomic mass is 32.1. The van der Waals surface area contributed by atoms with Gasteiger partial charge in [-0.1, -0.05) is 29.4 Å². The van der Waals surface area contributed by atoms with Gasteiger partial charge in [0, 0.05) is 24.6 Å². The number of ether oxygens (including phenoxy) is 2. The van der Waals surface area contributed by atoms with E-state index in [1.807, 2.05) is 43.0 Å². The first-order valence-electron chi connectivity index (χ1n) is 12.0. The van der Waals surface area contributed by atoms with E-state index in [2.05, 4.69) is 32.6 Å². The topological polar surface area (TPSA) is 38.8 Å². The summed E-state index contributed by atoms with van der Waals surface area (Å²) in [5, 5.41) is 0. The Labute approximate surface area is 199 Å². The van der Waals surface area contributed by atoms with Crippen LogP contribution in [-0.2, 0) is 16.0 Å². The van der Waals surface area contributed by atoms with E-state index >= 15 is 0 Å². The summed E-state index contributed by atoms with van der Waals surface area (Å²) < 4.78 is 11.6. The molecule has 1 aromatic rings. The van der Waals surface area contributed by atoms with Crippen molar-refractivity contribution >= 4 is 18.5 Å². The van der Waals surface area contributed by atoms with Crippen LogP contribution in [0.25, 0.3) is 0 Å². The Hall–Kier alpha value is -1.72. The van der Waals surface area contributed by atoms with Crippen LogP contribution in [-0.4, -0.2) is 42.7 Å². The summed E-state index contributed by atoms with van der Waals surface area (Å²) in [5.74, 6) is 1.63. The first kappa shape index (κ1) is 24.9. The zero-order valence-electron chi connectivity index (χ0n) is 20.2. The van der Waals surface area contributed by atoms with E-state index in [1.54, 1.807) is 0 Å². The van der Waals surface area contributed by atoms with Crippen LogP contribution in [0.2, 0.25) is 0 Å². The molecule has 0 aromatic heterocycles. The number of nitrogens with zero attached hydrogens (tertiary/aromatic N) is 1. The van der Waals surface area contributed by atoms with E-state index in [1.165, 1.54) is 11.1 Å². The van der Waals surface area contributed by atoms with Crippen LogP contribution < -0.4 is 4.74 Å². The third kappa shape index (κ3) is 6.41. The summed E-state index contributed by atoms with van der Waals surface area (Å²) in [7, 11) is 0. The molecule has 0 saturated heterocycles. The molecule has 1 aliphatic carbocycles. The minimum absolute atomic E-state index is 0.207. The fraction of sp³-hybridized carbons (Fsp3) is 0.593. The number of rotatable bonds is 8. The SMILES string of the molecule is CCOc1ccc(CC(=O)N2CCCC(CC3CC=C(S)C(C)(OCC)C3)=C(C)C2)cc1. The van der Waals surface area contributed by atoms with E-state index in [-0.39, 0.29) is 11.5 Å². The van der Waals surface area contributed by atoms with Crippen LogP contribution in [0.1, 0.15) is 65.4 Å². The molecule has 0 bridgehead atoms. The average Bonchev–Trinajstić information content (AvgIpc) is 2.94. The van der Waals surface area contributed by atoms with Crippen LogP contribution in [0, 0.1) is 5.92 Å². The Morgan fingerprint density at radius 3 is 2.66 bits per heavy atom. The van der Waals surface area contributed by atoms with E-state index in [0.717, 1.165) is 61.4 Å². The molecule has 32 heavy (non-hydrogen) atoms. The summed E-state index contributed by atoms with van der Waals surface area (Å²) in [5.41, 5.74) is 3.67. The molecular formula is C27H39NO3S. The Morgan fingerprint density at radius 1 is 1.22 bits per heavy atom. The lowest BCUT2D eigenvalue weighted by molar-refractivity contribution is -0.130. The Morgan fingerprint density at radius 2 is 1.97 bits per heavy atom. The molecule has 0 radical (unpaired) electrons. The lowest BCUT2D eigenvalue weighted by atomic mass is 9.79. The van der Waals surface area contributed by atoms with Crippen LogP contribution in [0.15, 0.2) is 46.4 Å². The molecule has 0 N–H and O–H groups in total. The number of thiol groups is 1. The number of hydrogen-bond donors (Lipinski definition) is 1. The molecule has 2 unspecified atom stereocenters. The molecule has 5 heteroatoms. The number of carbonyl (C=O) groups excluding carboxylic acids is 1. The van der Waals surface area contributed by atoms with E-state index < -0.39 is 0 Å². The highest BCUT2D eigenvalue weighted by molar-refractivity contribution is 7.84. The zero-order valence-corrected chi connectivity index (χ0v) is 21.0. The molecule has 0 fully saturated rings. The fourth-order valence-electron chi connectivity index (χ4n) is 5.01. The van der Waals surface area contributed by atoms with Crippen LogP contribution in [0.5, 0.6) is 5.75 Å². The normalized spacial score (nSPS) is 24.2. The van der Waals surface area contributed by atoms with Gasteiger partial charge in [0.2, 0.25) is 5.91 Å². The van der Waals surface area contributed by atoms with E-state index in [4.69, 9.17) is 9.47 Å². The molecule has 0 spiro atoms. The van der Waals surface area contributed by atoms with Gasteiger partial charge in [-0.15, -0.1) is 12.6 Å². The summed E-state index contributed by atoms with van der Waals surface area (Å²) in [6.07, 6.45) is 7.95. The molecule has 3 rings (SSSR count). The van der Waals surface area contributed by atoms with Crippen molar-refractivity contribution in [1.29, 1.82) is 0 Å². The average molecular weight is 458 g/mol. The maximum absolute atomic E-state index is 13.0. The van der Waals surface area contributed by atoms with Gasteiger partial charge >= 0.3 is 0 Å². The van der Waals surface area contributed by atoms with E-state index in [0.29, 0.717) is 25.6 Å². The highest BCUT2D eigenvalue weighted by Crippen LogP contribution is 2.41. The third-order valence-electron chi connectivity index (χ3n) is 6.74. The van der Waals surface area contributed by atoms with Crippen molar-refractivity contribution in [2.45, 2.75) is 71.8 Å². The minimum Gasteiger partial charge on any atom is -0.494 e. The van der Waals surface area contributed by atoms with Crippen molar-refractivity contribution in [2.75, 3.05) is 26.3 Å². The molecule has 2 aliphatic rings. The minimum atomic E-state index is -0.264. The maximum atomic E-state index is 13.0. The lowest BCUT2D eigenvalue weighted by Crippen LogP contribution is -2.35. The number of carbonyl (C=O) groups is 1. The number of hydrogen-bond acceptors (Lipinski definition) is 4. The standard InChI is InChI=1S/C27H39NO3S/c1-5-30-24-12-9-21(10-13-24)17-26(29)28-15-7-8-23(20(3)19-28)16-22-11-14-25(32)27(4,18-22)31-6-2/h9-10,12-14,22,32H,5-8,11,15-19H2,1-4H3. The van der Waals surface area contributed by atoms with Gasteiger partial charge in [-0.2, -0.15) is 0 Å². The molecule has 4 nitrogen and oxygen atoms in total. The molecule has 0 saturated carbocycles. The predicted molar refractivity (Wildman–Crippen MR) is 134 cm³/mol. The van der Waals surface area contributed by atoms with Crippen molar-refractivity contribution in [2.24, 2.45) is 5.92 Å². The number of amides is 1. The second kappa shape index (κ2) is 11.4. The van der Waals surface area contributed by atoms with E-state index in [9.17, 15) is 4.79 Å². The van der Waals surface area contributed by atoms with Crippen molar-refractivity contribution in [3.05, 3.63) is 52.0 Å². The maximum Gasteiger partial charge on any atom is 0.227 e. The Bertz CT molecular complexity index is 845. The summed E-state index contributed by atoms with van der Waals surface area (Å²) in [4.78, 5) is 16.1. The van der Waals surface area contributed by atoms with Crippen LogP contribution >= 0.6 is 12.6 Å². The summed E-state index contributed by atoms with van der Waals surface area (Å²) in [6, 6.07) is 7.89. The van der Waals surface area contributed by atoms with Crippen molar-refractivity contribution < 1.29 is 14.3 Å². The van der Waals surface area contributed by atoms with Gasteiger partial charge < -0.3 is 14.4 Å². The number of benzene rings is 1. The van der Waals surface area contributed by atoms with Crippen molar-refractivity contribution in [1.82, 2.24) is 4.90 Å². The van der Waals surface area contributed by atoms with Gasteiger partial charge in [0.1, 0.15) is 5.75 Å². The second-order valence-corrected chi connectivity index (χ2v) is 9.80. The monoisotopic (exact) mass is 457 g/mol. The Kier molecular flexibility index (Phi) is 8.89. The van der Waals surface area contributed by atoms with Crippen LogP contribution in [0.3, 0.4) is 0 Å². The third-order valence-corrected chi connectivity index (χ3v) is 7.40. The highest BCUT2D eigenvalue weighted by Gasteiger charge is 2.35. The Balaban J connectivity index is 1.61. The quantitative estimate of drug-likeness (QED) is 0.386. The summed E-state index contributed by atoms with van der Waals surface area (Å²) in [6.45, 7) is 11.3. The lowest BCUT2D eigenvalue weighted by Gasteiger charge is -2.37. The van der Waals surface area contributed by atoms with Gasteiger partial charge in [-0.25, -0.2) is 0 Å². The predicted octanol–water partition coefficient (Wildman–Crippen LogP) is 5.98. The smallest absolute Gasteiger partial charge is 0.227 e. The molecule has 1 aromatic carbocycles. The molecule has 1 aliphatic heterocycles. The van der Waals surface area contributed by atoms with Gasteiger partial charge in [-0.05, 0) is 83.4 Å². The largest absolute Gasteiger partial charge is 0.494 e. The first-order chi connectivity index (χ1) is 15.3. The molecule has 2 atom stereocenters. The van der Waals surface area contributed by atoms with Crippen LogP contribution in [0.4, 0.5) is 0 Å². The molecule has 1 amide bonds. The van der Waals surface area contributed by atoms with Crippen molar-refractivity contribution in [3.63, 3.8) is 0 Å². The molecular weight excluding hydrogens is 418 g/mol. The number of allylic oxidation sites excluding steroid dienone is 2. The van der Waals surface area contributed by atoms with Gasteiger partial charge in [-0.3, -0.25) is 4.79 Å². The second-order valence-electron chi connectivity index (χ2n) is 9.32. The zero-order chi connectivity index (χ0) is 23.1. The molecule has 176 valence electrons. The van der Waals surface area contributed by atoms with Gasteiger partial charge in [0.25, 0.3) is 0 Å². The first-order valence-corrected chi connectivity index (χ1v) is 12.5. The molecule has 1 heterocycles. The van der Waals surface area contributed by atoms with Crippen molar-refractivity contribution in [3.8, 4) is 5.75 Å². The van der Waals surface area contributed by atoms with Gasteiger partial charge in [0.15, 0.2) is 0 Å². The van der Waals surface area contributed by atoms with Gasteiger partial charge in [0.05, 0.1) is 18.6 Å². The summed E-state index contributed by atoms with van der Waals surface area (Å²) >= 11 is 4.68.